The fourth-order valence-corrected chi connectivity index (χ4v) is 8.47. The SMILES string of the molecule is CC=Ic1nc(-c2ccc3cc(-c4ccc5c6ccccc6n6c7ccccc7nc6c5c4)ccc3c2)n(-c2ccccc2)c1C. The molecule has 0 atom stereocenters. The van der Waals surface area contributed by atoms with Crippen molar-refractivity contribution in [3.8, 4) is 28.2 Å². The molecule has 0 saturated carbocycles. The number of halogens is 1. The molecule has 0 amide bonds. The number of rotatable bonds is 4. The molecule has 9 aromatic rings. The normalized spacial score (nSPS) is 12.2. The quantitative estimate of drug-likeness (QED) is 0.135. The van der Waals surface area contributed by atoms with E-state index in [1.165, 1.54) is 47.6 Å². The fraction of sp³-hybridized carbons (Fsp3) is 0.0488. The van der Waals surface area contributed by atoms with E-state index in [9.17, 15) is 0 Å². The lowest BCUT2D eigenvalue weighted by Gasteiger charge is -2.12. The molecule has 3 heterocycles. The minimum absolute atomic E-state index is 0.242. The summed E-state index contributed by atoms with van der Waals surface area (Å²) in [4.78, 5) is 10.3. The van der Waals surface area contributed by atoms with Gasteiger partial charge >= 0.3 is 0 Å². The first-order chi connectivity index (χ1) is 22.7. The highest BCUT2D eigenvalue weighted by Gasteiger charge is 2.17. The first-order valence-electron chi connectivity index (χ1n) is 15.5. The maximum atomic E-state index is 5.18. The number of pyridine rings is 1. The number of imidazole rings is 2. The van der Waals surface area contributed by atoms with Gasteiger partial charge in [0.2, 0.25) is 0 Å². The molecule has 0 aliphatic carbocycles. The molecule has 0 N–H and O–H groups in total. The predicted molar refractivity (Wildman–Crippen MR) is 202 cm³/mol. The lowest BCUT2D eigenvalue weighted by molar-refractivity contribution is 1.01. The van der Waals surface area contributed by atoms with Crippen molar-refractivity contribution in [2.75, 3.05) is 0 Å². The highest BCUT2D eigenvalue weighted by atomic mass is 127. The number of hydrogen-bond donors (Lipinski definition) is 0. The lowest BCUT2D eigenvalue weighted by Crippen LogP contribution is -1.99. The van der Waals surface area contributed by atoms with Crippen LogP contribution in [0.5, 0.6) is 0 Å². The van der Waals surface area contributed by atoms with Crippen LogP contribution >= 0.6 is 20.7 Å². The number of benzene rings is 6. The Kier molecular flexibility index (Phi) is 6.35. The van der Waals surface area contributed by atoms with Crippen LogP contribution < -0.4 is 0 Å². The van der Waals surface area contributed by atoms with Gasteiger partial charge in [0.25, 0.3) is 0 Å². The van der Waals surface area contributed by atoms with Crippen LogP contribution in [-0.2, 0) is 0 Å². The monoisotopic (exact) mass is 704 g/mol. The van der Waals surface area contributed by atoms with Gasteiger partial charge in [0, 0.05) is 22.0 Å². The molecule has 0 aliphatic heterocycles. The third-order valence-corrected chi connectivity index (χ3v) is 11.2. The topological polar surface area (TPSA) is 35.1 Å². The van der Waals surface area contributed by atoms with Crippen LogP contribution in [0.15, 0.2) is 133 Å². The zero-order valence-corrected chi connectivity index (χ0v) is 27.6. The summed E-state index contributed by atoms with van der Waals surface area (Å²) in [5.41, 5.74) is 10.2. The Morgan fingerprint density at radius 2 is 1.26 bits per heavy atom. The Morgan fingerprint density at radius 1 is 0.587 bits per heavy atom. The highest BCUT2D eigenvalue weighted by Crippen LogP contribution is 2.36. The van der Waals surface area contributed by atoms with E-state index >= 15 is 0 Å². The Morgan fingerprint density at radius 3 is 2.09 bits per heavy atom. The van der Waals surface area contributed by atoms with Crippen LogP contribution in [0.2, 0.25) is 0 Å². The van der Waals surface area contributed by atoms with Crippen molar-refractivity contribution >= 4 is 73.9 Å². The van der Waals surface area contributed by atoms with E-state index in [2.05, 4.69) is 160 Å². The summed E-state index contributed by atoms with van der Waals surface area (Å²) in [5, 5.41) is 6.03. The predicted octanol–water partition coefficient (Wildman–Crippen LogP) is 10.7. The van der Waals surface area contributed by atoms with Crippen LogP contribution in [0.25, 0.3) is 77.3 Å². The van der Waals surface area contributed by atoms with Gasteiger partial charge in [0.15, 0.2) is 0 Å². The summed E-state index contributed by atoms with van der Waals surface area (Å²) < 4.78 is 8.13. The third-order valence-electron chi connectivity index (χ3n) is 8.96. The van der Waals surface area contributed by atoms with E-state index in [1.54, 1.807) is 0 Å². The molecule has 9 rings (SSSR count). The Labute approximate surface area is 276 Å². The number of nitrogens with zero attached hydrogens (tertiary/aromatic N) is 4. The minimum atomic E-state index is -0.242. The molecule has 0 saturated heterocycles. The summed E-state index contributed by atoms with van der Waals surface area (Å²) in [5.74, 6) is 1.00. The number of fused-ring (bicyclic) bond motifs is 9. The van der Waals surface area contributed by atoms with Crippen LogP contribution in [-0.4, -0.2) is 22.9 Å². The minimum Gasteiger partial charge on any atom is -0.296 e. The van der Waals surface area contributed by atoms with E-state index in [4.69, 9.17) is 9.97 Å². The average molecular weight is 705 g/mol. The van der Waals surface area contributed by atoms with Crippen molar-refractivity contribution in [2.24, 2.45) is 0 Å². The largest absolute Gasteiger partial charge is 0.296 e. The van der Waals surface area contributed by atoms with Gasteiger partial charge in [-0.3, -0.25) is 8.97 Å². The van der Waals surface area contributed by atoms with Crippen molar-refractivity contribution in [1.82, 2.24) is 18.9 Å². The molecular weight excluding hydrogens is 675 g/mol. The van der Waals surface area contributed by atoms with Crippen LogP contribution in [0.4, 0.5) is 0 Å². The van der Waals surface area contributed by atoms with Gasteiger partial charge < -0.3 is 0 Å². The van der Waals surface area contributed by atoms with E-state index in [0.29, 0.717) is 0 Å². The van der Waals surface area contributed by atoms with Gasteiger partial charge in [0.1, 0.15) is 15.2 Å². The molecule has 220 valence electrons. The molecule has 0 radical (unpaired) electrons. The average Bonchev–Trinajstić information content (AvgIpc) is 3.66. The van der Waals surface area contributed by atoms with E-state index in [-0.39, 0.29) is 20.7 Å². The Hall–Kier alpha value is -5.14. The molecule has 0 spiro atoms. The summed E-state index contributed by atoms with van der Waals surface area (Å²) in [6.07, 6.45) is 0. The molecule has 0 unspecified atom stereocenters. The maximum Gasteiger partial charge on any atom is 0.146 e. The van der Waals surface area contributed by atoms with Gasteiger partial charge in [-0.2, -0.15) is 0 Å². The first kappa shape index (κ1) is 27.2. The third kappa shape index (κ3) is 4.22. The molecule has 0 fully saturated rings. The number of para-hydroxylation sites is 4. The van der Waals surface area contributed by atoms with Crippen LogP contribution in [0.1, 0.15) is 12.6 Å². The summed E-state index contributed by atoms with van der Waals surface area (Å²) in [7, 11) is 0. The standard InChI is InChI=1S/C41H29IN4/c1-3-42-39-26(2)45(32-11-5-4-6-12-32)40(44-39)31-20-19-27-23-28(17-18-29(27)24-31)30-21-22-33-34-13-7-9-15-37(34)46-38-16-10-8-14-36(38)43-41(46)35(33)25-30/h3-25H,1-2H3. The second-order valence-corrected chi connectivity index (χ2v) is 14.5. The van der Waals surface area contributed by atoms with E-state index < -0.39 is 0 Å². The molecule has 46 heavy (non-hydrogen) atoms. The van der Waals surface area contributed by atoms with Crippen molar-refractivity contribution in [1.29, 1.82) is 0 Å². The molecule has 4 nitrogen and oxygen atoms in total. The molecule has 0 bridgehead atoms. The van der Waals surface area contributed by atoms with E-state index in [1.807, 2.05) is 0 Å². The van der Waals surface area contributed by atoms with Crippen LogP contribution in [0, 0.1) is 10.6 Å². The Bertz CT molecular complexity index is 2660. The van der Waals surface area contributed by atoms with Gasteiger partial charge in [-0.05, 0) is 89.7 Å². The zero-order valence-electron chi connectivity index (χ0n) is 25.4. The molecular formula is C41H29IN4. The van der Waals surface area contributed by atoms with Crippen molar-refractivity contribution in [3.63, 3.8) is 0 Å². The lowest BCUT2D eigenvalue weighted by atomic mass is 9.97. The second kappa shape index (κ2) is 10.7. The number of hydrogen-bond acceptors (Lipinski definition) is 2. The molecule has 0 aliphatic rings. The second-order valence-electron chi connectivity index (χ2n) is 11.6. The molecule has 6 aromatic carbocycles. The highest BCUT2D eigenvalue weighted by molar-refractivity contribution is 14.2. The van der Waals surface area contributed by atoms with Gasteiger partial charge in [-0.15, -0.1) is 0 Å². The summed E-state index contributed by atoms with van der Waals surface area (Å²) in [6.45, 7) is 4.33. The Balaban J connectivity index is 1.19. The molecule has 3 aromatic heterocycles. The maximum absolute atomic E-state index is 5.18. The first-order valence-corrected chi connectivity index (χ1v) is 17.8. The zero-order chi connectivity index (χ0) is 30.8. The molecule has 5 heteroatoms. The van der Waals surface area contributed by atoms with Gasteiger partial charge in [-0.1, -0.05) is 110 Å². The summed E-state index contributed by atoms with van der Waals surface area (Å²) in [6, 6.07) is 48.0. The van der Waals surface area contributed by atoms with Crippen molar-refractivity contribution in [2.45, 2.75) is 13.8 Å². The van der Waals surface area contributed by atoms with Crippen LogP contribution in [0.3, 0.4) is 0 Å². The fourth-order valence-electron chi connectivity index (χ4n) is 6.82. The van der Waals surface area contributed by atoms with Gasteiger partial charge in [0.05, 0.1) is 22.2 Å². The summed E-state index contributed by atoms with van der Waals surface area (Å²) >= 11 is -0.242. The van der Waals surface area contributed by atoms with Crippen molar-refractivity contribution in [3.05, 3.63) is 143 Å². The van der Waals surface area contributed by atoms with Gasteiger partial charge in [-0.25, -0.2) is 9.97 Å². The smallest absolute Gasteiger partial charge is 0.146 e. The van der Waals surface area contributed by atoms with E-state index in [0.717, 1.165) is 39.1 Å². The van der Waals surface area contributed by atoms with Crippen molar-refractivity contribution < 1.29 is 0 Å². The number of aromatic nitrogens is 4.